The van der Waals surface area contributed by atoms with Crippen molar-refractivity contribution in [1.82, 2.24) is 15.0 Å². The maximum Gasteiger partial charge on any atom is 0.253 e. The van der Waals surface area contributed by atoms with Crippen LogP contribution in [0.2, 0.25) is 5.02 Å². The van der Waals surface area contributed by atoms with E-state index in [0.29, 0.717) is 16.6 Å². The van der Waals surface area contributed by atoms with E-state index in [1.807, 2.05) is 78.9 Å². The molecule has 0 saturated carbocycles. The third kappa shape index (κ3) is 4.24. The molecule has 0 radical (unpaired) electrons. The monoisotopic (exact) mass is 458 g/mol. The zero-order valence-corrected chi connectivity index (χ0v) is 18.6. The van der Waals surface area contributed by atoms with Gasteiger partial charge in [0.25, 0.3) is 5.91 Å². The van der Waals surface area contributed by atoms with Crippen LogP contribution in [-0.4, -0.2) is 32.9 Å². The fraction of sp³-hybridized carbons (Fsp3) is 0.120. The number of amides is 1. The number of fused-ring (bicyclic) bond motifs is 1. The van der Waals surface area contributed by atoms with E-state index in [-0.39, 0.29) is 17.7 Å². The molecule has 158 valence electrons. The van der Waals surface area contributed by atoms with Crippen LogP contribution >= 0.6 is 23.4 Å². The fourth-order valence-corrected chi connectivity index (χ4v) is 4.63. The molecular weight excluding hydrogens is 440 g/mol. The molecule has 32 heavy (non-hydrogen) atoms. The van der Waals surface area contributed by atoms with Crippen LogP contribution in [0.5, 0.6) is 0 Å². The molecule has 1 aliphatic heterocycles. The van der Waals surface area contributed by atoms with Gasteiger partial charge < -0.3 is 0 Å². The Morgan fingerprint density at radius 2 is 1.75 bits per heavy atom. The lowest BCUT2D eigenvalue weighted by Crippen LogP contribution is -2.28. The molecule has 0 spiro atoms. The number of carbonyl (C=O) groups is 1. The lowest BCUT2D eigenvalue weighted by Gasteiger charge is -2.22. The summed E-state index contributed by atoms with van der Waals surface area (Å²) in [5, 5.41) is 7.95. The number of hydrogen-bond acceptors (Lipinski definition) is 5. The zero-order valence-electron chi connectivity index (χ0n) is 17.1. The van der Waals surface area contributed by atoms with Crippen molar-refractivity contribution in [3.8, 4) is 11.3 Å². The summed E-state index contributed by atoms with van der Waals surface area (Å²) >= 11 is 7.55. The minimum absolute atomic E-state index is 0.0659. The van der Waals surface area contributed by atoms with Crippen LogP contribution in [0.3, 0.4) is 0 Å². The summed E-state index contributed by atoms with van der Waals surface area (Å²) < 4.78 is 0. The molecular formula is C25H19ClN4OS. The molecule has 5 nitrogen and oxygen atoms in total. The van der Waals surface area contributed by atoms with E-state index >= 15 is 0 Å². The first-order valence-corrected chi connectivity index (χ1v) is 11.6. The Kier molecular flexibility index (Phi) is 5.88. The minimum Gasteiger partial charge on any atom is -0.272 e. The number of hydrogen-bond donors (Lipinski definition) is 0. The molecule has 0 saturated heterocycles. The van der Waals surface area contributed by atoms with Crippen molar-refractivity contribution in [3.05, 3.63) is 89.4 Å². The molecule has 0 aliphatic carbocycles. The molecule has 2 heterocycles. The maximum atomic E-state index is 13.0. The summed E-state index contributed by atoms with van der Waals surface area (Å²) in [6.45, 7) is 0. The first kappa shape index (κ1) is 20.7. The van der Waals surface area contributed by atoms with Gasteiger partial charge >= 0.3 is 0 Å². The molecule has 0 fully saturated rings. The van der Waals surface area contributed by atoms with Gasteiger partial charge in [0.1, 0.15) is 0 Å². The standard InChI is InChI=1S/C25H19ClN4OS/c26-19-11-12-21-20(15-19)24(18-9-5-2-6-10-18)29-25(28-21)32-16-23(31)30-22(13-14-27-30)17-7-3-1-4-8-17/h1-12,14-15,22H,13,16H2/t22-/m1/s1. The van der Waals surface area contributed by atoms with Gasteiger partial charge in [-0.3, -0.25) is 4.79 Å². The van der Waals surface area contributed by atoms with Crippen molar-refractivity contribution >= 4 is 46.4 Å². The zero-order chi connectivity index (χ0) is 21.9. The largest absolute Gasteiger partial charge is 0.272 e. The van der Waals surface area contributed by atoms with E-state index in [9.17, 15) is 4.79 Å². The predicted octanol–water partition coefficient (Wildman–Crippen LogP) is 6.00. The lowest BCUT2D eigenvalue weighted by molar-refractivity contribution is -0.130. The number of thioether (sulfide) groups is 1. The van der Waals surface area contributed by atoms with E-state index in [2.05, 4.69) is 10.1 Å². The molecule has 1 aromatic heterocycles. The molecule has 0 N–H and O–H groups in total. The molecule has 0 bridgehead atoms. The predicted molar refractivity (Wildman–Crippen MR) is 130 cm³/mol. The van der Waals surface area contributed by atoms with E-state index in [4.69, 9.17) is 16.6 Å². The molecule has 1 amide bonds. The van der Waals surface area contributed by atoms with Crippen molar-refractivity contribution in [2.75, 3.05) is 5.75 Å². The second-order valence-corrected chi connectivity index (χ2v) is 8.75. The Morgan fingerprint density at radius 3 is 2.53 bits per heavy atom. The molecule has 1 aliphatic rings. The van der Waals surface area contributed by atoms with Crippen LogP contribution in [-0.2, 0) is 4.79 Å². The van der Waals surface area contributed by atoms with Gasteiger partial charge in [0.15, 0.2) is 5.16 Å². The smallest absolute Gasteiger partial charge is 0.253 e. The van der Waals surface area contributed by atoms with E-state index in [1.165, 1.54) is 11.8 Å². The highest BCUT2D eigenvalue weighted by Crippen LogP contribution is 2.32. The molecule has 3 aromatic carbocycles. The molecule has 5 rings (SSSR count). The van der Waals surface area contributed by atoms with Gasteiger partial charge in [0, 0.05) is 28.6 Å². The molecule has 4 aromatic rings. The number of benzene rings is 3. The van der Waals surface area contributed by atoms with Crippen molar-refractivity contribution in [2.24, 2.45) is 5.10 Å². The summed E-state index contributed by atoms with van der Waals surface area (Å²) in [7, 11) is 0. The van der Waals surface area contributed by atoms with Gasteiger partial charge in [-0.05, 0) is 23.8 Å². The summed E-state index contributed by atoms with van der Waals surface area (Å²) in [5.74, 6) is 0.132. The van der Waals surface area contributed by atoms with Crippen LogP contribution in [0.25, 0.3) is 22.2 Å². The van der Waals surface area contributed by atoms with Crippen molar-refractivity contribution in [1.29, 1.82) is 0 Å². The van der Waals surface area contributed by atoms with E-state index in [1.54, 1.807) is 11.2 Å². The van der Waals surface area contributed by atoms with Crippen LogP contribution in [0.1, 0.15) is 18.0 Å². The molecule has 0 unspecified atom stereocenters. The highest BCUT2D eigenvalue weighted by atomic mass is 35.5. The Morgan fingerprint density at radius 1 is 1.00 bits per heavy atom. The highest BCUT2D eigenvalue weighted by Gasteiger charge is 2.28. The number of aromatic nitrogens is 2. The van der Waals surface area contributed by atoms with Gasteiger partial charge in [-0.1, -0.05) is 84.0 Å². The Bertz CT molecular complexity index is 1300. The lowest BCUT2D eigenvalue weighted by atomic mass is 10.0. The Hall–Kier alpha value is -3.22. The van der Waals surface area contributed by atoms with Crippen LogP contribution in [0.15, 0.2) is 89.1 Å². The third-order valence-electron chi connectivity index (χ3n) is 5.28. The van der Waals surface area contributed by atoms with Crippen molar-refractivity contribution in [3.63, 3.8) is 0 Å². The van der Waals surface area contributed by atoms with Crippen molar-refractivity contribution in [2.45, 2.75) is 17.6 Å². The minimum atomic E-state index is -0.0707. The number of carbonyl (C=O) groups excluding carboxylic acids is 1. The average Bonchev–Trinajstić information content (AvgIpc) is 3.33. The van der Waals surface area contributed by atoms with Gasteiger partial charge in [0.2, 0.25) is 0 Å². The number of nitrogens with zero attached hydrogens (tertiary/aromatic N) is 4. The van der Waals surface area contributed by atoms with Crippen LogP contribution in [0.4, 0.5) is 0 Å². The topological polar surface area (TPSA) is 58.5 Å². The quantitative estimate of drug-likeness (QED) is 0.272. The number of rotatable bonds is 5. The van der Waals surface area contributed by atoms with Gasteiger partial charge in [-0.15, -0.1) is 0 Å². The van der Waals surface area contributed by atoms with E-state index < -0.39 is 0 Å². The number of hydrazone groups is 1. The molecule has 1 atom stereocenters. The SMILES string of the molecule is O=C(CSc1nc(-c2ccccc2)c2cc(Cl)ccc2n1)N1N=CC[C@@H]1c1ccccc1. The van der Waals surface area contributed by atoms with Gasteiger partial charge in [0.05, 0.1) is 23.0 Å². The first-order chi connectivity index (χ1) is 15.7. The summed E-state index contributed by atoms with van der Waals surface area (Å²) in [6.07, 6.45) is 2.51. The normalized spacial score (nSPS) is 15.4. The van der Waals surface area contributed by atoms with Gasteiger partial charge in [-0.2, -0.15) is 5.10 Å². The van der Waals surface area contributed by atoms with Crippen LogP contribution in [0, 0.1) is 0 Å². The summed E-state index contributed by atoms with van der Waals surface area (Å²) in [6, 6.07) is 25.4. The fourth-order valence-electron chi connectivity index (χ4n) is 3.76. The third-order valence-corrected chi connectivity index (χ3v) is 6.35. The summed E-state index contributed by atoms with van der Waals surface area (Å²) in [4.78, 5) is 22.4. The first-order valence-electron chi connectivity index (χ1n) is 10.2. The Balaban J connectivity index is 1.40. The average molecular weight is 459 g/mol. The van der Waals surface area contributed by atoms with Crippen molar-refractivity contribution < 1.29 is 4.79 Å². The van der Waals surface area contributed by atoms with Gasteiger partial charge in [-0.25, -0.2) is 15.0 Å². The van der Waals surface area contributed by atoms with E-state index in [0.717, 1.165) is 27.7 Å². The maximum absolute atomic E-state index is 13.0. The second kappa shape index (κ2) is 9.10. The highest BCUT2D eigenvalue weighted by molar-refractivity contribution is 7.99. The second-order valence-electron chi connectivity index (χ2n) is 7.37. The summed E-state index contributed by atoms with van der Waals surface area (Å²) in [5.41, 5.74) is 3.64. The van der Waals surface area contributed by atoms with Crippen LogP contribution < -0.4 is 0 Å². The molecule has 7 heteroatoms. The number of halogens is 1. The Labute approximate surface area is 195 Å².